The summed E-state index contributed by atoms with van der Waals surface area (Å²) in [5, 5.41) is 0. The number of rotatable bonds is 1. The lowest BCUT2D eigenvalue weighted by atomic mass is 10.2. The zero-order valence-electron chi connectivity index (χ0n) is 4.39. The first-order valence-corrected chi connectivity index (χ1v) is 3.97. The Morgan fingerprint density at radius 1 is 1.50 bits per heavy atom. The van der Waals surface area contributed by atoms with Crippen LogP contribution in [0.4, 0.5) is 0 Å². The van der Waals surface area contributed by atoms with Crippen molar-refractivity contribution < 1.29 is 0 Å². The fourth-order valence-corrected chi connectivity index (χ4v) is 0.988. The quantitative estimate of drug-likeness (QED) is 0.500. The van der Waals surface area contributed by atoms with Crippen LogP contribution in [0.2, 0.25) is 0 Å². The van der Waals surface area contributed by atoms with E-state index in [0.717, 1.165) is 4.43 Å². The summed E-state index contributed by atoms with van der Waals surface area (Å²) in [5.74, 6) is 0. The second-order valence-corrected chi connectivity index (χ2v) is 2.28. The van der Waals surface area contributed by atoms with Gasteiger partial charge >= 0.3 is 0 Å². The van der Waals surface area contributed by atoms with Gasteiger partial charge in [0.25, 0.3) is 0 Å². The molecule has 0 aliphatic heterocycles. The van der Waals surface area contributed by atoms with Gasteiger partial charge in [0.2, 0.25) is 0 Å². The van der Waals surface area contributed by atoms with E-state index in [9.17, 15) is 0 Å². The topological polar surface area (TPSA) is 0 Å². The lowest BCUT2D eigenvalue weighted by Crippen LogP contribution is -1.71. The van der Waals surface area contributed by atoms with E-state index in [2.05, 4.69) is 34.7 Å². The van der Waals surface area contributed by atoms with E-state index in [-0.39, 0.29) is 0 Å². The zero-order valence-corrected chi connectivity index (χ0v) is 6.55. The van der Waals surface area contributed by atoms with Gasteiger partial charge in [0.05, 0.1) is 0 Å². The highest BCUT2D eigenvalue weighted by molar-refractivity contribution is 14.1. The van der Waals surface area contributed by atoms with Crippen molar-refractivity contribution in [2.24, 2.45) is 0 Å². The Balaban J connectivity index is 2.83. The maximum absolute atomic E-state index is 3.11. The van der Waals surface area contributed by atoms with Crippen LogP contribution < -0.4 is 0 Å². The Kier molecular flexibility index (Phi) is 2.33. The maximum atomic E-state index is 3.11. The van der Waals surface area contributed by atoms with Crippen molar-refractivity contribution in [2.45, 2.75) is 4.43 Å². The Labute approximate surface area is 63.1 Å². The fraction of sp³-hybridized carbons (Fsp3) is 0.143. The fourth-order valence-electron chi connectivity index (χ4n) is 0.514. The largest absolute Gasteiger partial charge is 0.0812 e. The lowest BCUT2D eigenvalue weighted by molar-refractivity contribution is 1.45. The minimum Gasteiger partial charge on any atom is -0.0812 e. The van der Waals surface area contributed by atoms with Crippen LogP contribution in [-0.4, -0.2) is 0 Å². The molecule has 0 nitrogen and oxygen atoms in total. The van der Waals surface area contributed by atoms with Gasteiger partial charge in [-0.05, 0) is 11.6 Å². The molecule has 0 fully saturated rings. The van der Waals surface area contributed by atoms with Crippen LogP contribution in [0.1, 0.15) is 5.56 Å². The van der Waals surface area contributed by atoms with Crippen LogP contribution in [0.5, 0.6) is 0 Å². The van der Waals surface area contributed by atoms with Crippen molar-refractivity contribution in [1.82, 2.24) is 0 Å². The van der Waals surface area contributed by atoms with Gasteiger partial charge in [-0.25, -0.2) is 0 Å². The van der Waals surface area contributed by atoms with E-state index in [0.29, 0.717) is 0 Å². The molecule has 1 aromatic carbocycles. The molecule has 0 amide bonds. The second kappa shape index (κ2) is 3.07. The molecular formula is C7H6I. The van der Waals surface area contributed by atoms with Crippen molar-refractivity contribution >= 4 is 22.6 Å². The monoisotopic (exact) mass is 217 g/mol. The second-order valence-electron chi connectivity index (χ2n) is 1.52. The molecule has 0 N–H and O–H groups in total. The molecule has 41 valence electrons. The van der Waals surface area contributed by atoms with E-state index in [1.165, 1.54) is 5.56 Å². The van der Waals surface area contributed by atoms with Crippen LogP contribution >= 0.6 is 22.6 Å². The molecule has 0 unspecified atom stereocenters. The van der Waals surface area contributed by atoms with Gasteiger partial charge in [-0.1, -0.05) is 46.9 Å². The highest BCUT2D eigenvalue weighted by atomic mass is 127. The van der Waals surface area contributed by atoms with Gasteiger partial charge in [0.15, 0.2) is 0 Å². The Morgan fingerprint density at radius 3 is 2.75 bits per heavy atom. The summed E-state index contributed by atoms with van der Waals surface area (Å²) in [7, 11) is 0. The van der Waals surface area contributed by atoms with E-state index in [1.54, 1.807) is 0 Å². The number of hydrogen-bond acceptors (Lipinski definition) is 0. The first-order valence-electron chi connectivity index (χ1n) is 2.45. The molecule has 1 rings (SSSR count). The minimum absolute atomic E-state index is 1.05. The molecular weight excluding hydrogens is 211 g/mol. The third-order valence-corrected chi connectivity index (χ3v) is 1.74. The number of benzene rings is 1. The van der Waals surface area contributed by atoms with Gasteiger partial charge in [0, 0.05) is 4.43 Å². The van der Waals surface area contributed by atoms with Crippen LogP contribution in [0.3, 0.4) is 0 Å². The van der Waals surface area contributed by atoms with Crippen LogP contribution in [0, 0.1) is 6.07 Å². The van der Waals surface area contributed by atoms with Gasteiger partial charge < -0.3 is 0 Å². The summed E-state index contributed by atoms with van der Waals surface area (Å²) in [6.07, 6.45) is 0. The molecule has 1 aromatic rings. The molecule has 0 atom stereocenters. The predicted octanol–water partition coefficient (Wildman–Crippen LogP) is 2.42. The predicted molar refractivity (Wildman–Crippen MR) is 43.0 cm³/mol. The Morgan fingerprint density at radius 2 is 2.38 bits per heavy atom. The van der Waals surface area contributed by atoms with Crippen molar-refractivity contribution in [3.05, 3.63) is 35.9 Å². The van der Waals surface area contributed by atoms with Gasteiger partial charge in [-0.3, -0.25) is 0 Å². The molecule has 0 heterocycles. The van der Waals surface area contributed by atoms with Gasteiger partial charge in [-0.2, -0.15) is 0 Å². The summed E-state index contributed by atoms with van der Waals surface area (Å²) < 4.78 is 1.05. The molecule has 0 spiro atoms. The average Bonchev–Trinajstić information content (AvgIpc) is 1.90. The molecule has 0 saturated carbocycles. The van der Waals surface area contributed by atoms with E-state index in [4.69, 9.17) is 0 Å². The summed E-state index contributed by atoms with van der Waals surface area (Å²) in [6, 6.07) is 11.1. The minimum atomic E-state index is 1.05. The van der Waals surface area contributed by atoms with Crippen molar-refractivity contribution in [3.63, 3.8) is 0 Å². The Bertz CT molecular complexity index is 146. The third-order valence-electron chi connectivity index (χ3n) is 0.917. The molecule has 0 aliphatic rings. The van der Waals surface area contributed by atoms with E-state index in [1.807, 2.05) is 18.2 Å². The number of halogens is 1. The summed E-state index contributed by atoms with van der Waals surface area (Å²) in [5.41, 5.74) is 1.27. The highest BCUT2D eigenvalue weighted by Crippen LogP contribution is 2.02. The van der Waals surface area contributed by atoms with Crippen LogP contribution in [-0.2, 0) is 4.43 Å². The summed E-state index contributed by atoms with van der Waals surface area (Å²) in [6.45, 7) is 0. The van der Waals surface area contributed by atoms with E-state index < -0.39 is 0 Å². The zero-order chi connectivity index (χ0) is 5.82. The SMILES string of the molecule is ICc1[c]cccc1. The standard InChI is InChI=1S/C7H6I/c8-6-7-4-2-1-3-5-7/h1-4H,6H2. The average molecular weight is 217 g/mol. The van der Waals surface area contributed by atoms with Crippen LogP contribution in [0.15, 0.2) is 24.3 Å². The third kappa shape index (κ3) is 1.47. The van der Waals surface area contributed by atoms with Crippen molar-refractivity contribution in [2.75, 3.05) is 0 Å². The smallest absolute Gasteiger partial charge is 0.0253 e. The first-order chi connectivity index (χ1) is 3.93. The molecule has 0 aromatic heterocycles. The molecule has 1 heteroatoms. The molecule has 0 bridgehead atoms. The molecule has 0 saturated heterocycles. The molecule has 0 aliphatic carbocycles. The summed E-state index contributed by atoms with van der Waals surface area (Å²) in [4.78, 5) is 0. The maximum Gasteiger partial charge on any atom is 0.0253 e. The van der Waals surface area contributed by atoms with Crippen LogP contribution in [0.25, 0.3) is 0 Å². The number of hydrogen-bond donors (Lipinski definition) is 0. The highest BCUT2D eigenvalue weighted by Gasteiger charge is 1.82. The first kappa shape index (κ1) is 6.08. The molecule has 8 heavy (non-hydrogen) atoms. The van der Waals surface area contributed by atoms with Gasteiger partial charge in [0.1, 0.15) is 0 Å². The van der Waals surface area contributed by atoms with E-state index >= 15 is 0 Å². The van der Waals surface area contributed by atoms with Gasteiger partial charge in [-0.15, -0.1) is 0 Å². The number of alkyl halides is 1. The normalized spacial score (nSPS) is 9.12. The lowest BCUT2D eigenvalue weighted by Gasteiger charge is -1.87. The summed E-state index contributed by atoms with van der Waals surface area (Å²) >= 11 is 2.32. The Hall–Kier alpha value is -0.0500. The van der Waals surface area contributed by atoms with Crippen molar-refractivity contribution in [3.8, 4) is 0 Å². The van der Waals surface area contributed by atoms with Crippen molar-refractivity contribution in [1.29, 1.82) is 0 Å². The molecule has 1 radical (unpaired) electrons.